The van der Waals surface area contributed by atoms with Crippen molar-refractivity contribution in [1.82, 2.24) is 5.32 Å². The van der Waals surface area contributed by atoms with Crippen LogP contribution < -0.4 is 19.7 Å². The van der Waals surface area contributed by atoms with Gasteiger partial charge in [0.1, 0.15) is 5.57 Å². The van der Waals surface area contributed by atoms with Gasteiger partial charge in [0, 0.05) is 11.1 Å². The summed E-state index contributed by atoms with van der Waals surface area (Å²) in [6.45, 7) is 1.75. The van der Waals surface area contributed by atoms with Crippen LogP contribution in [0.3, 0.4) is 0 Å². The summed E-state index contributed by atoms with van der Waals surface area (Å²) in [6.07, 6.45) is 1.18. The van der Waals surface area contributed by atoms with Gasteiger partial charge >= 0.3 is 11.7 Å². The van der Waals surface area contributed by atoms with Gasteiger partial charge in [0.15, 0.2) is 11.5 Å². The van der Waals surface area contributed by atoms with Crippen molar-refractivity contribution in [2.24, 2.45) is 0 Å². The third-order valence-electron chi connectivity index (χ3n) is 5.39. The smallest absolute Gasteiger partial charge is 0.335 e. The van der Waals surface area contributed by atoms with Gasteiger partial charge in [-0.1, -0.05) is 23.2 Å². The molecule has 0 saturated carbocycles. The number of halogens is 2. The Kier molecular flexibility index (Phi) is 7.98. The van der Waals surface area contributed by atoms with E-state index in [9.17, 15) is 34.6 Å². The van der Waals surface area contributed by atoms with E-state index in [-0.39, 0.29) is 40.1 Å². The van der Waals surface area contributed by atoms with Crippen molar-refractivity contribution < 1.29 is 33.7 Å². The van der Waals surface area contributed by atoms with Crippen molar-refractivity contribution in [2.45, 2.75) is 6.92 Å². The van der Waals surface area contributed by atoms with Crippen molar-refractivity contribution in [3.05, 3.63) is 96.0 Å². The number of hydrogen-bond acceptors (Lipinski definition) is 9. The highest BCUT2D eigenvalue weighted by atomic mass is 35.5. The molecule has 15 heteroatoms. The van der Waals surface area contributed by atoms with Crippen LogP contribution in [0.25, 0.3) is 6.08 Å². The van der Waals surface area contributed by atoms with Crippen LogP contribution in [0.5, 0.6) is 17.2 Å². The maximum absolute atomic E-state index is 13.2. The third kappa shape index (κ3) is 5.70. The highest BCUT2D eigenvalue weighted by Gasteiger charge is 2.37. The number of carbonyl (C=O) groups excluding carboxylic acids is 3. The lowest BCUT2D eigenvalue weighted by Crippen LogP contribution is -2.54. The normalized spacial score (nSPS) is 14.2. The van der Waals surface area contributed by atoms with Crippen LogP contribution in [0, 0.1) is 20.2 Å². The Morgan fingerprint density at radius 3 is 2.27 bits per heavy atom. The fraction of sp³-hybridized carbons (Fsp3) is 0.0800. The van der Waals surface area contributed by atoms with Crippen molar-refractivity contribution in [3.8, 4) is 17.2 Å². The molecular weight excluding hydrogens is 571 g/mol. The number of anilines is 1. The van der Waals surface area contributed by atoms with Crippen LogP contribution in [0.1, 0.15) is 12.5 Å². The van der Waals surface area contributed by atoms with Gasteiger partial charge in [-0.05, 0) is 61.0 Å². The number of rotatable bonds is 8. The summed E-state index contributed by atoms with van der Waals surface area (Å²) in [4.78, 5) is 59.8. The van der Waals surface area contributed by atoms with Gasteiger partial charge in [-0.25, -0.2) is 9.69 Å². The first kappa shape index (κ1) is 28.0. The van der Waals surface area contributed by atoms with Gasteiger partial charge in [-0.2, -0.15) is 0 Å². The molecular formula is C25H16Cl2N4O9. The van der Waals surface area contributed by atoms with Crippen molar-refractivity contribution in [3.63, 3.8) is 0 Å². The molecule has 1 N–H and O–H groups in total. The second kappa shape index (κ2) is 11.4. The molecule has 13 nitrogen and oxygen atoms in total. The quantitative estimate of drug-likeness (QED) is 0.151. The molecule has 1 saturated heterocycles. The first-order chi connectivity index (χ1) is 19.0. The lowest BCUT2D eigenvalue weighted by molar-refractivity contribution is -0.394. The molecule has 0 aliphatic carbocycles. The average Bonchev–Trinajstić information content (AvgIpc) is 2.89. The van der Waals surface area contributed by atoms with Gasteiger partial charge in [0.05, 0.1) is 33.2 Å². The number of non-ortho nitro benzene ring substituents is 1. The van der Waals surface area contributed by atoms with Crippen LogP contribution in [0.15, 0.2) is 60.2 Å². The molecule has 0 unspecified atom stereocenters. The molecule has 0 radical (unpaired) electrons. The number of urea groups is 1. The minimum Gasteiger partial charge on any atom is -0.490 e. The molecule has 40 heavy (non-hydrogen) atoms. The second-order valence-electron chi connectivity index (χ2n) is 7.97. The SMILES string of the molecule is CCOc1cc(/C=C2\C(=O)NC(=O)N(c3ccc(Cl)cc3)C2=O)cc(Cl)c1Oc1ccc([N+](=O)[O-])cc1[N+](=O)[O-]. The Morgan fingerprint density at radius 1 is 0.950 bits per heavy atom. The van der Waals surface area contributed by atoms with Crippen LogP contribution in [-0.2, 0) is 9.59 Å². The van der Waals surface area contributed by atoms with Gasteiger partial charge < -0.3 is 9.47 Å². The molecule has 0 atom stereocenters. The Labute approximate surface area is 234 Å². The minimum absolute atomic E-state index is 0.0104. The largest absolute Gasteiger partial charge is 0.490 e. The number of carbonyl (C=O) groups is 3. The Balaban J connectivity index is 1.74. The van der Waals surface area contributed by atoms with E-state index in [1.807, 2.05) is 0 Å². The Morgan fingerprint density at radius 2 is 1.65 bits per heavy atom. The molecule has 0 bridgehead atoms. The molecule has 0 spiro atoms. The van der Waals surface area contributed by atoms with Crippen molar-refractivity contribution >= 4 is 64.2 Å². The third-order valence-corrected chi connectivity index (χ3v) is 5.92. The number of nitrogens with zero attached hydrogens (tertiary/aromatic N) is 3. The summed E-state index contributed by atoms with van der Waals surface area (Å²) < 4.78 is 11.2. The van der Waals surface area contributed by atoms with E-state index in [1.54, 1.807) is 6.92 Å². The van der Waals surface area contributed by atoms with E-state index in [0.717, 1.165) is 23.1 Å². The molecule has 0 aromatic heterocycles. The summed E-state index contributed by atoms with van der Waals surface area (Å²) in [6, 6.07) is 10.3. The maximum Gasteiger partial charge on any atom is 0.335 e. The highest BCUT2D eigenvalue weighted by molar-refractivity contribution is 6.39. The molecule has 3 aromatic carbocycles. The van der Waals surface area contributed by atoms with E-state index in [4.69, 9.17) is 32.7 Å². The number of nitro groups is 2. The second-order valence-corrected chi connectivity index (χ2v) is 8.81. The van der Waals surface area contributed by atoms with Crippen LogP contribution in [0.2, 0.25) is 10.0 Å². The molecule has 204 valence electrons. The Hall–Kier alpha value is -5.01. The van der Waals surface area contributed by atoms with E-state index < -0.39 is 44.6 Å². The van der Waals surface area contributed by atoms with Crippen molar-refractivity contribution in [2.75, 3.05) is 11.5 Å². The van der Waals surface area contributed by atoms with Gasteiger partial charge in [0.2, 0.25) is 5.75 Å². The molecule has 1 heterocycles. The number of imide groups is 2. The zero-order valence-electron chi connectivity index (χ0n) is 20.3. The predicted octanol–water partition coefficient (Wildman–Crippen LogP) is 5.67. The fourth-order valence-corrected chi connectivity index (χ4v) is 4.02. The molecule has 4 rings (SSSR count). The zero-order valence-corrected chi connectivity index (χ0v) is 21.8. The number of nitrogens with one attached hydrogen (secondary N) is 1. The number of hydrogen-bond donors (Lipinski definition) is 1. The number of nitro benzene ring substituents is 2. The van der Waals surface area contributed by atoms with Crippen LogP contribution in [-0.4, -0.2) is 34.3 Å². The first-order valence-corrected chi connectivity index (χ1v) is 12.0. The number of amides is 4. The van der Waals surface area contributed by atoms with Gasteiger partial charge in [0.25, 0.3) is 17.5 Å². The molecule has 1 aliphatic heterocycles. The minimum atomic E-state index is -0.948. The highest BCUT2D eigenvalue weighted by Crippen LogP contribution is 2.43. The monoisotopic (exact) mass is 586 g/mol. The summed E-state index contributed by atoms with van der Waals surface area (Å²) in [7, 11) is 0. The van der Waals surface area contributed by atoms with E-state index in [1.165, 1.54) is 42.5 Å². The van der Waals surface area contributed by atoms with E-state index in [2.05, 4.69) is 5.32 Å². The maximum atomic E-state index is 13.2. The topological polar surface area (TPSA) is 171 Å². The van der Waals surface area contributed by atoms with Crippen LogP contribution in [0.4, 0.5) is 21.9 Å². The number of ether oxygens (including phenoxy) is 2. The number of barbiturate groups is 1. The molecule has 1 aliphatic rings. The summed E-state index contributed by atoms with van der Waals surface area (Å²) in [5.41, 5.74) is -1.23. The van der Waals surface area contributed by atoms with Crippen LogP contribution >= 0.6 is 23.2 Å². The average molecular weight is 587 g/mol. The fourth-order valence-electron chi connectivity index (χ4n) is 3.64. The van der Waals surface area contributed by atoms with E-state index >= 15 is 0 Å². The summed E-state index contributed by atoms with van der Waals surface area (Å²) in [5, 5.41) is 24.9. The molecule has 1 fully saturated rings. The summed E-state index contributed by atoms with van der Waals surface area (Å²) >= 11 is 12.3. The molecule has 4 amide bonds. The number of benzene rings is 3. The lowest BCUT2D eigenvalue weighted by Gasteiger charge is -2.26. The van der Waals surface area contributed by atoms with Gasteiger partial charge in [-0.3, -0.25) is 35.1 Å². The molecule has 3 aromatic rings. The lowest BCUT2D eigenvalue weighted by atomic mass is 10.1. The van der Waals surface area contributed by atoms with Crippen molar-refractivity contribution in [1.29, 1.82) is 0 Å². The van der Waals surface area contributed by atoms with Gasteiger partial charge in [-0.15, -0.1) is 0 Å². The van der Waals surface area contributed by atoms with E-state index in [0.29, 0.717) is 5.02 Å². The Bertz CT molecular complexity index is 1610. The standard InChI is InChI=1S/C25H16Cl2N4O9/c1-2-39-21-11-13(9-17-23(32)28-25(34)29(24(17)33)15-5-3-14(26)4-6-15)10-18(27)22(21)40-20-8-7-16(30(35)36)12-19(20)31(37)38/h3-12H,2H2,1H3,(H,28,32,34)/b17-9+. The zero-order chi connectivity index (χ0) is 29.1. The first-order valence-electron chi connectivity index (χ1n) is 11.2. The summed E-state index contributed by atoms with van der Waals surface area (Å²) in [5.74, 6) is -2.37. The predicted molar refractivity (Wildman–Crippen MR) is 143 cm³/mol.